The van der Waals surface area contributed by atoms with E-state index in [-0.39, 0.29) is 29.4 Å². The predicted molar refractivity (Wildman–Crippen MR) is 105 cm³/mol. The standard InChI is InChI=1S/C21H27N3O3/c1-3-24-12-7-10-17(24)14-22-21(26)19-20(18(25)11-13-23(19)2)27-15-16-8-5-4-6-9-16/h4-6,8-9,11,13,17H,3,7,10,12,14-15H2,1-2H3,(H,22,26). The van der Waals surface area contributed by atoms with Crippen LogP contribution in [0.2, 0.25) is 0 Å². The molecular weight excluding hydrogens is 342 g/mol. The molecule has 0 aliphatic carbocycles. The Morgan fingerprint density at radius 3 is 2.78 bits per heavy atom. The minimum Gasteiger partial charge on any atom is -0.483 e. The third-order valence-electron chi connectivity index (χ3n) is 5.09. The van der Waals surface area contributed by atoms with Crippen molar-refractivity contribution < 1.29 is 9.53 Å². The maximum Gasteiger partial charge on any atom is 0.271 e. The molecule has 1 unspecified atom stereocenters. The molecule has 1 saturated heterocycles. The van der Waals surface area contributed by atoms with Gasteiger partial charge in [0.15, 0.2) is 11.4 Å². The van der Waals surface area contributed by atoms with Gasteiger partial charge in [-0.25, -0.2) is 0 Å². The Morgan fingerprint density at radius 2 is 2.04 bits per heavy atom. The Hall–Kier alpha value is -2.60. The van der Waals surface area contributed by atoms with Gasteiger partial charge in [-0.1, -0.05) is 37.3 Å². The van der Waals surface area contributed by atoms with Gasteiger partial charge < -0.3 is 14.6 Å². The summed E-state index contributed by atoms with van der Waals surface area (Å²) in [5.41, 5.74) is 0.920. The van der Waals surface area contributed by atoms with Crippen molar-refractivity contribution in [3.63, 3.8) is 0 Å². The lowest BCUT2D eigenvalue weighted by Gasteiger charge is -2.23. The van der Waals surface area contributed by atoms with E-state index in [0.29, 0.717) is 12.6 Å². The van der Waals surface area contributed by atoms with Crippen molar-refractivity contribution in [3.8, 4) is 5.75 Å². The van der Waals surface area contributed by atoms with Gasteiger partial charge in [0.25, 0.3) is 5.91 Å². The summed E-state index contributed by atoms with van der Waals surface area (Å²) in [5.74, 6) is -0.179. The molecule has 144 valence electrons. The summed E-state index contributed by atoms with van der Waals surface area (Å²) < 4.78 is 7.41. The Kier molecular flexibility index (Phi) is 6.29. The van der Waals surface area contributed by atoms with E-state index in [2.05, 4.69) is 17.1 Å². The van der Waals surface area contributed by atoms with Crippen molar-refractivity contribution in [2.24, 2.45) is 7.05 Å². The molecule has 0 spiro atoms. The second-order valence-corrected chi connectivity index (χ2v) is 6.88. The number of nitrogens with one attached hydrogen (secondary N) is 1. The number of ether oxygens (including phenoxy) is 1. The number of nitrogens with zero attached hydrogens (tertiary/aromatic N) is 2. The average Bonchev–Trinajstić information content (AvgIpc) is 3.15. The monoisotopic (exact) mass is 369 g/mol. The lowest BCUT2D eigenvalue weighted by Crippen LogP contribution is -2.41. The second-order valence-electron chi connectivity index (χ2n) is 6.88. The van der Waals surface area contributed by atoms with Crippen LogP contribution in [-0.4, -0.2) is 41.1 Å². The molecule has 2 aromatic rings. The molecular formula is C21H27N3O3. The van der Waals surface area contributed by atoms with Gasteiger partial charge in [-0.2, -0.15) is 0 Å². The summed E-state index contributed by atoms with van der Waals surface area (Å²) in [6.45, 7) is 5.01. The highest BCUT2D eigenvalue weighted by molar-refractivity contribution is 5.95. The SMILES string of the molecule is CCN1CCCC1CNC(=O)c1c(OCc2ccccc2)c(=O)ccn1C. The number of likely N-dealkylation sites (tertiary alicyclic amines) is 1. The summed E-state index contributed by atoms with van der Waals surface area (Å²) in [6.07, 6.45) is 3.84. The molecule has 1 aliphatic rings. The number of hydrogen-bond donors (Lipinski definition) is 1. The van der Waals surface area contributed by atoms with Crippen LogP contribution in [0.15, 0.2) is 47.4 Å². The number of aryl methyl sites for hydroxylation is 1. The van der Waals surface area contributed by atoms with Crippen LogP contribution in [0, 0.1) is 0 Å². The summed E-state index contributed by atoms with van der Waals surface area (Å²) in [5, 5.41) is 2.99. The molecule has 0 radical (unpaired) electrons. The highest BCUT2D eigenvalue weighted by Crippen LogP contribution is 2.17. The summed E-state index contributed by atoms with van der Waals surface area (Å²) >= 11 is 0. The third-order valence-corrected chi connectivity index (χ3v) is 5.09. The van der Waals surface area contributed by atoms with Gasteiger partial charge in [0.1, 0.15) is 6.61 Å². The van der Waals surface area contributed by atoms with Gasteiger partial charge in [0, 0.05) is 31.9 Å². The normalized spacial score (nSPS) is 17.0. The Labute approximate surface area is 159 Å². The number of benzene rings is 1. The molecule has 1 fully saturated rings. The number of amides is 1. The largest absolute Gasteiger partial charge is 0.483 e. The van der Waals surface area contributed by atoms with Gasteiger partial charge in [0.05, 0.1) is 0 Å². The van der Waals surface area contributed by atoms with Crippen LogP contribution in [0.3, 0.4) is 0 Å². The fourth-order valence-corrected chi connectivity index (χ4v) is 3.58. The van der Waals surface area contributed by atoms with Gasteiger partial charge in [-0.15, -0.1) is 0 Å². The van der Waals surface area contributed by atoms with Crippen LogP contribution in [0.25, 0.3) is 0 Å². The molecule has 1 amide bonds. The fraction of sp³-hybridized carbons (Fsp3) is 0.429. The first-order valence-electron chi connectivity index (χ1n) is 9.48. The fourth-order valence-electron chi connectivity index (χ4n) is 3.58. The van der Waals surface area contributed by atoms with E-state index in [0.717, 1.165) is 31.5 Å². The highest BCUT2D eigenvalue weighted by atomic mass is 16.5. The minimum absolute atomic E-state index is 0.0973. The molecule has 6 nitrogen and oxygen atoms in total. The van der Waals surface area contributed by atoms with Crippen molar-refractivity contribution in [2.45, 2.75) is 32.4 Å². The van der Waals surface area contributed by atoms with Gasteiger partial charge in [0.2, 0.25) is 5.43 Å². The van der Waals surface area contributed by atoms with Crippen molar-refractivity contribution in [1.29, 1.82) is 0 Å². The van der Waals surface area contributed by atoms with Crippen LogP contribution < -0.4 is 15.5 Å². The minimum atomic E-state index is -0.287. The number of rotatable bonds is 7. The van der Waals surface area contributed by atoms with Crippen molar-refractivity contribution in [3.05, 3.63) is 64.1 Å². The average molecular weight is 369 g/mol. The predicted octanol–water partition coefficient (Wildman–Crippen LogP) is 2.18. The highest BCUT2D eigenvalue weighted by Gasteiger charge is 2.25. The zero-order valence-electron chi connectivity index (χ0n) is 16.0. The molecule has 2 heterocycles. The summed E-state index contributed by atoms with van der Waals surface area (Å²) in [6, 6.07) is 11.4. The molecule has 1 N–H and O–H groups in total. The van der Waals surface area contributed by atoms with Gasteiger partial charge in [-0.3, -0.25) is 14.5 Å². The van der Waals surface area contributed by atoms with Crippen molar-refractivity contribution in [1.82, 2.24) is 14.8 Å². The Balaban J connectivity index is 1.74. The number of carbonyl (C=O) groups is 1. The lowest BCUT2D eigenvalue weighted by atomic mass is 10.2. The molecule has 3 rings (SSSR count). The smallest absolute Gasteiger partial charge is 0.271 e. The van der Waals surface area contributed by atoms with Crippen LogP contribution in [-0.2, 0) is 13.7 Å². The molecule has 1 aliphatic heterocycles. The molecule has 6 heteroatoms. The zero-order valence-corrected chi connectivity index (χ0v) is 16.0. The number of pyridine rings is 1. The van der Waals surface area contributed by atoms with E-state index in [9.17, 15) is 9.59 Å². The first kappa shape index (κ1) is 19.2. The zero-order chi connectivity index (χ0) is 19.2. The van der Waals surface area contributed by atoms with Gasteiger partial charge in [-0.05, 0) is 31.5 Å². The van der Waals surface area contributed by atoms with E-state index in [1.54, 1.807) is 17.8 Å². The molecule has 0 saturated carbocycles. The van der Waals surface area contributed by atoms with E-state index in [1.165, 1.54) is 6.07 Å². The summed E-state index contributed by atoms with van der Waals surface area (Å²) in [7, 11) is 1.75. The quantitative estimate of drug-likeness (QED) is 0.813. The Bertz CT molecular complexity index is 832. The first-order chi connectivity index (χ1) is 13.1. The number of likely N-dealkylation sites (N-methyl/N-ethyl adjacent to an activating group) is 1. The van der Waals surface area contributed by atoms with Crippen LogP contribution in [0.5, 0.6) is 5.75 Å². The third kappa shape index (κ3) is 4.57. The molecule has 1 aromatic carbocycles. The lowest BCUT2D eigenvalue weighted by molar-refractivity contribution is 0.0926. The van der Waals surface area contributed by atoms with E-state index >= 15 is 0 Å². The second kappa shape index (κ2) is 8.86. The number of carbonyl (C=O) groups excluding carboxylic acids is 1. The molecule has 1 atom stereocenters. The molecule has 0 bridgehead atoms. The number of hydrogen-bond acceptors (Lipinski definition) is 4. The maximum absolute atomic E-state index is 12.8. The molecule has 1 aromatic heterocycles. The Morgan fingerprint density at radius 1 is 1.26 bits per heavy atom. The van der Waals surface area contributed by atoms with Gasteiger partial charge >= 0.3 is 0 Å². The van der Waals surface area contributed by atoms with Crippen molar-refractivity contribution in [2.75, 3.05) is 19.6 Å². The topological polar surface area (TPSA) is 63.6 Å². The van der Waals surface area contributed by atoms with Crippen LogP contribution >= 0.6 is 0 Å². The van der Waals surface area contributed by atoms with Crippen LogP contribution in [0.1, 0.15) is 35.8 Å². The van der Waals surface area contributed by atoms with Crippen LogP contribution in [0.4, 0.5) is 0 Å². The molecule has 27 heavy (non-hydrogen) atoms. The van der Waals surface area contributed by atoms with E-state index in [1.807, 2.05) is 30.3 Å². The van der Waals surface area contributed by atoms with E-state index in [4.69, 9.17) is 4.74 Å². The summed E-state index contributed by atoms with van der Waals surface area (Å²) in [4.78, 5) is 27.6. The number of aromatic nitrogens is 1. The van der Waals surface area contributed by atoms with Crippen molar-refractivity contribution >= 4 is 5.91 Å². The van der Waals surface area contributed by atoms with E-state index < -0.39 is 0 Å². The first-order valence-corrected chi connectivity index (χ1v) is 9.48. The maximum atomic E-state index is 12.8.